The molecule has 0 radical (unpaired) electrons. The van der Waals surface area contributed by atoms with Gasteiger partial charge in [0.15, 0.2) is 0 Å². The molecule has 3 heteroatoms. The van der Waals surface area contributed by atoms with Gasteiger partial charge in [0.05, 0.1) is 33.2 Å². The van der Waals surface area contributed by atoms with E-state index in [1.165, 1.54) is 104 Å². The van der Waals surface area contributed by atoms with Crippen LogP contribution < -0.4 is 0 Å². The van der Waals surface area contributed by atoms with Crippen molar-refractivity contribution in [2.75, 3.05) is 0 Å². The number of benzene rings is 9. The molecule has 0 saturated heterocycles. The average Bonchev–Trinajstić information content (AvgIpc) is 3.82. The minimum absolute atomic E-state index is 0.539. The number of rotatable bonds is 3. The van der Waals surface area contributed by atoms with E-state index in [4.69, 9.17) is 0 Å². The predicted octanol–water partition coefficient (Wildman–Crippen LogP) is 14.4. The Morgan fingerprint density at radius 1 is 0.328 bits per heavy atom. The van der Waals surface area contributed by atoms with Crippen LogP contribution in [-0.2, 0) is 5.41 Å². The van der Waals surface area contributed by atoms with Gasteiger partial charge in [0, 0.05) is 37.0 Å². The third-order valence-corrected chi connectivity index (χ3v) is 14.0. The van der Waals surface area contributed by atoms with Crippen molar-refractivity contribution in [1.29, 1.82) is 0 Å². The second-order valence-electron chi connectivity index (χ2n) is 15.6. The molecule has 2 aromatic heterocycles. The van der Waals surface area contributed by atoms with Gasteiger partial charge in [-0.05, 0) is 80.9 Å². The number of aromatic nitrogens is 2. The monoisotopic (exact) mass is 754 g/mol. The lowest BCUT2D eigenvalue weighted by atomic mass is 9.62. The van der Waals surface area contributed by atoms with Gasteiger partial charge in [0.2, 0.25) is 0 Å². The normalized spacial score (nSPS) is 15.2. The topological polar surface area (TPSA) is 9.86 Å². The first-order chi connectivity index (χ1) is 28.8. The van der Waals surface area contributed by atoms with Crippen LogP contribution in [0.5, 0.6) is 0 Å². The van der Waals surface area contributed by atoms with E-state index in [-0.39, 0.29) is 0 Å². The van der Waals surface area contributed by atoms with Crippen molar-refractivity contribution in [2.24, 2.45) is 0 Å². The predicted molar refractivity (Wildman–Crippen MR) is 242 cm³/mol. The second kappa shape index (κ2) is 12.0. The number of hydrogen-bond acceptors (Lipinski definition) is 1. The van der Waals surface area contributed by atoms with Crippen molar-refractivity contribution < 1.29 is 0 Å². The van der Waals surface area contributed by atoms with E-state index in [0.717, 1.165) is 5.69 Å². The molecule has 270 valence electrons. The standard InChI is InChI=1S/C55H34N2S/c1-2-13-35(14-3-1)36-25-27-37(28-26-36)38-29-31-39(32-30-38)56-48-21-8-4-16-41(48)43-33-34-47-54(53(43)56)58-51-24-11-7-19-45(51)55(47)44-18-6-10-23-50(44)57-49-22-9-5-15-40(49)42-17-12-20-46(55)52(42)57/h1-34H. The molecule has 0 bridgehead atoms. The van der Waals surface area contributed by atoms with Gasteiger partial charge in [-0.2, -0.15) is 0 Å². The highest BCUT2D eigenvalue weighted by Gasteiger charge is 2.50. The zero-order valence-electron chi connectivity index (χ0n) is 31.4. The van der Waals surface area contributed by atoms with Crippen LogP contribution in [0.3, 0.4) is 0 Å². The van der Waals surface area contributed by atoms with Crippen molar-refractivity contribution in [1.82, 2.24) is 9.13 Å². The lowest BCUT2D eigenvalue weighted by Gasteiger charge is -2.45. The highest BCUT2D eigenvalue weighted by atomic mass is 32.2. The van der Waals surface area contributed by atoms with Crippen molar-refractivity contribution in [3.63, 3.8) is 0 Å². The zero-order chi connectivity index (χ0) is 38.0. The molecule has 2 aliphatic rings. The van der Waals surface area contributed by atoms with Gasteiger partial charge in [-0.15, -0.1) is 0 Å². The molecule has 9 aromatic carbocycles. The minimum atomic E-state index is -0.539. The summed E-state index contributed by atoms with van der Waals surface area (Å²) in [6.07, 6.45) is 0. The number of para-hydroxylation sites is 4. The molecular weight excluding hydrogens is 721 g/mol. The molecule has 2 nitrogen and oxygen atoms in total. The Hall–Kier alpha value is -7.07. The molecule has 1 spiro atoms. The molecule has 11 aromatic rings. The molecule has 0 amide bonds. The molecule has 4 heterocycles. The van der Waals surface area contributed by atoms with Crippen molar-refractivity contribution >= 4 is 55.4 Å². The van der Waals surface area contributed by atoms with Crippen LogP contribution in [0.2, 0.25) is 0 Å². The zero-order valence-corrected chi connectivity index (χ0v) is 32.2. The van der Waals surface area contributed by atoms with Gasteiger partial charge in [0.1, 0.15) is 0 Å². The second-order valence-corrected chi connectivity index (χ2v) is 16.7. The quantitative estimate of drug-likeness (QED) is 0.175. The lowest BCUT2D eigenvalue weighted by molar-refractivity contribution is 0.691. The molecule has 58 heavy (non-hydrogen) atoms. The van der Waals surface area contributed by atoms with Crippen LogP contribution >= 0.6 is 11.8 Å². The largest absolute Gasteiger partial charge is 0.309 e. The lowest BCUT2D eigenvalue weighted by Crippen LogP contribution is -2.37. The molecule has 1 unspecified atom stereocenters. The molecule has 0 N–H and O–H groups in total. The van der Waals surface area contributed by atoms with Gasteiger partial charge in [0.25, 0.3) is 0 Å². The number of nitrogens with zero attached hydrogens (tertiary/aromatic N) is 2. The van der Waals surface area contributed by atoms with E-state index >= 15 is 0 Å². The van der Waals surface area contributed by atoms with Crippen molar-refractivity contribution in [3.8, 4) is 33.6 Å². The summed E-state index contributed by atoms with van der Waals surface area (Å²) < 4.78 is 5.05. The highest BCUT2D eigenvalue weighted by Crippen LogP contribution is 2.62. The Balaban J connectivity index is 1.08. The van der Waals surface area contributed by atoms with E-state index in [2.05, 4.69) is 215 Å². The Labute approximate surface area is 340 Å². The first-order valence-electron chi connectivity index (χ1n) is 20.0. The summed E-state index contributed by atoms with van der Waals surface area (Å²) in [5.41, 5.74) is 17.1. The molecule has 0 aliphatic carbocycles. The van der Waals surface area contributed by atoms with Gasteiger partial charge in [-0.1, -0.05) is 182 Å². The van der Waals surface area contributed by atoms with Crippen molar-refractivity contribution in [2.45, 2.75) is 15.2 Å². The summed E-state index contributed by atoms with van der Waals surface area (Å²) in [7, 11) is 0. The fourth-order valence-corrected chi connectivity index (χ4v) is 11.7. The number of fused-ring (bicyclic) bond motifs is 15. The summed E-state index contributed by atoms with van der Waals surface area (Å²) in [4.78, 5) is 2.61. The minimum Gasteiger partial charge on any atom is -0.309 e. The fourth-order valence-electron chi connectivity index (χ4n) is 10.4. The Morgan fingerprint density at radius 2 is 0.862 bits per heavy atom. The van der Waals surface area contributed by atoms with E-state index in [1.54, 1.807) is 0 Å². The number of hydrogen-bond donors (Lipinski definition) is 0. The molecule has 13 rings (SSSR count). The van der Waals surface area contributed by atoms with E-state index in [9.17, 15) is 0 Å². The van der Waals surface area contributed by atoms with Gasteiger partial charge in [-0.3, -0.25) is 0 Å². The van der Waals surface area contributed by atoms with Crippen LogP contribution in [0.25, 0.3) is 77.2 Å². The molecule has 1 atom stereocenters. The van der Waals surface area contributed by atoms with Gasteiger partial charge >= 0.3 is 0 Å². The smallest absolute Gasteiger partial charge is 0.0765 e. The molecular formula is C55H34N2S. The summed E-state index contributed by atoms with van der Waals surface area (Å²) >= 11 is 1.93. The third-order valence-electron chi connectivity index (χ3n) is 12.8. The van der Waals surface area contributed by atoms with Crippen LogP contribution in [0.15, 0.2) is 216 Å². The molecule has 2 aliphatic heterocycles. The maximum atomic E-state index is 2.52. The van der Waals surface area contributed by atoms with E-state index in [1.807, 2.05) is 11.8 Å². The van der Waals surface area contributed by atoms with Crippen LogP contribution in [-0.4, -0.2) is 9.13 Å². The fraction of sp³-hybridized carbons (Fsp3) is 0.0182. The van der Waals surface area contributed by atoms with E-state index < -0.39 is 5.41 Å². The maximum absolute atomic E-state index is 2.52. The van der Waals surface area contributed by atoms with Gasteiger partial charge < -0.3 is 9.13 Å². The Bertz CT molecular complexity index is 3460. The van der Waals surface area contributed by atoms with Crippen LogP contribution in [0.4, 0.5) is 0 Å². The first kappa shape index (κ1) is 32.1. The third kappa shape index (κ3) is 4.18. The highest BCUT2D eigenvalue weighted by molar-refractivity contribution is 7.99. The summed E-state index contributed by atoms with van der Waals surface area (Å²) in [5.74, 6) is 0. The summed E-state index contributed by atoms with van der Waals surface area (Å²) in [5, 5.41) is 5.12. The van der Waals surface area contributed by atoms with Crippen molar-refractivity contribution in [3.05, 3.63) is 229 Å². The van der Waals surface area contributed by atoms with Crippen LogP contribution in [0, 0.1) is 0 Å². The average molecular weight is 755 g/mol. The first-order valence-corrected chi connectivity index (χ1v) is 20.8. The van der Waals surface area contributed by atoms with Crippen LogP contribution in [0.1, 0.15) is 22.3 Å². The van der Waals surface area contributed by atoms with E-state index in [0.29, 0.717) is 0 Å². The molecule has 0 fully saturated rings. The van der Waals surface area contributed by atoms with Gasteiger partial charge in [-0.25, -0.2) is 0 Å². The summed E-state index contributed by atoms with van der Waals surface area (Å²) in [6, 6.07) is 76.6. The Kier molecular flexibility index (Phi) is 6.62. The SMILES string of the molecule is c1ccc(-c2ccc(-c3ccc(-n4c5ccccc5c5ccc6c(c54)Sc4ccccc4C64c5ccccc5-n5c6ccccc6c6cccc4c65)cc3)cc2)cc1. The summed E-state index contributed by atoms with van der Waals surface area (Å²) in [6.45, 7) is 0. The maximum Gasteiger partial charge on any atom is 0.0765 e. The Morgan fingerprint density at radius 3 is 1.60 bits per heavy atom. The molecule has 0 saturated carbocycles.